The predicted octanol–water partition coefficient (Wildman–Crippen LogP) is 4.14. The number of carbonyl (C=O) groups is 2. The van der Waals surface area contributed by atoms with Crippen LogP contribution in [-0.4, -0.2) is 17.9 Å². The van der Waals surface area contributed by atoms with Crippen LogP contribution in [0, 0.1) is 11.3 Å². The van der Waals surface area contributed by atoms with E-state index in [2.05, 4.69) is 22.9 Å². The number of hydrogen-bond acceptors (Lipinski definition) is 3. The normalized spacial score (nSPS) is 31.8. The van der Waals surface area contributed by atoms with Gasteiger partial charge in [0.05, 0.1) is 11.5 Å². The molecule has 2 aliphatic rings. The molecule has 3 rings (SSSR count). The minimum Gasteiger partial charge on any atom is -0.458 e. The summed E-state index contributed by atoms with van der Waals surface area (Å²) in [6.45, 7) is 2.25. The average Bonchev–Trinajstić information content (AvgIpc) is 2.47. The monoisotopic (exact) mass is 350 g/mol. The minimum atomic E-state index is -0.325. The van der Waals surface area contributed by atoms with E-state index in [1.165, 1.54) is 0 Å². The van der Waals surface area contributed by atoms with Gasteiger partial charge in [-0.15, -0.1) is 0 Å². The van der Waals surface area contributed by atoms with Gasteiger partial charge >= 0.3 is 5.97 Å². The Labute approximate surface area is 133 Å². The summed E-state index contributed by atoms with van der Waals surface area (Å²) in [5.41, 5.74) is 0.800. The maximum absolute atomic E-state index is 12.2. The molecule has 3 nitrogen and oxygen atoms in total. The minimum absolute atomic E-state index is 0.100. The van der Waals surface area contributed by atoms with Crippen molar-refractivity contribution in [3.05, 3.63) is 34.3 Å². The number of carbonyl (C=O) groups excluding carboxylic acids is 2. The Kier molecular flexibility index (Phi) is 3.91. The molecule has 2 aliphatic carbocycles. The number of Topliss-reactive ketones (excluding diaryl/α,β-unsaturated/α-hetero) is 1. The lowest BCUT2D eigenvalue weighted by Crippen LogP contribution is -2.45. The molecule has 2 saturated carbocycles. The van der Waals surface area contributed by atoms with Gasteiger partial charge in [0.2, 0.25) is 0 Å². The van der Waals surface area contributed by atoms with Gasteiger partial charge in [-0.1, -0.05) is 22.9 Å². The summed E-state index contributed by atoms with van der Waals surface area (Å²) in [5.74, 6) is -0.160. The third-order valence-electron chi connectivity index (χ3n) is 4.92. The Morgan fingerprint density at radius 3 is 2.71 bits per heavy atom. The van der Waals surface area contributed by atoms with E-state index in [1.807, 2.05) is 12.1 Å². The Hall–Kier alpha value is -1.16. The first-order valence-electron chi connectivity index (χ1n) is 7.46. The zero-order valence-electron chi connectivity index (χ0n) is 12.1. The van der Waals surface area contributed by atoms with Crippen molar-refractivity contribution >= 4 is 27.7 Å². The number of esters is 1. The lowest BCUT2D eigenvalue weighted by Gasteiger charge is -2.45. The van der Waals surface area contributed by atoms with Crippen molar-refractivity contribution in [2.75, 3.05) is 0 Å². The lowest BCUT2D eigenvalue weighted by atomic mass is 9.61. The second-order valence-electron chi connectivity index (χ2n) is 6.58. The molecule has 112 valence electrons. The van der Waals surface area contributed by atoms with E-state index in [9.17, 15) is 9.59 Å². The van der Waals surface area contributed by atoms with Crippen LogP contribution in [-0.2, 0) is 9.53 Å². The molecular weight excluding hydrogens is 332 g/mol. The number of fused-ring (bicyclic) bond motifs is 2. The highest BCUT2D eigenvalue weighted by Crippen LogP contribution is 2.48. The van der Waals surface area contributed by atoms with Gasteiger partial charge in [-0.2, -0.15) is 0 Å². The van der Waals surface area contributed by atoms with Crippen LogP contribution in [0.3, 0.4) is 0 Å². The molecule has 0 amide bonds. The number of ketones is 1. The Bertz CT molecular complexity index is 566. The Balaban J connectivity index is 1.71. The summed E-state index contributed by atoms with van der Waals surface area (Å²) >= 11 is 3.35. The molecule has 1 aromatic rings. The molecule has 0 spiro atoms. The van der Waals surface area contributed by atoms with Crippen LogP contribution < -0.4 is 0 Å². The van der Waals surface area contributed by atoms with E-state index in [1.54, 1.807) is 12.1 Å². The molecule has 1 aromatic carbocycles. The highest BCUT2D eigenvalue weighted by Gasteiger charge is 2.46. The van der Waals surface area contributed by atoms with Gasteiger partial charge in [0.15, 0.2) is 0 Å². The van der Waals surface area contributed by atoms with Crippen molar-refractivity contribution in [2.24, 2.45) is 11.3 Å². The largest absolute Gasteiger partial charge is 0.458 e. The standard InChI is InChI=1S/C17H19BrO3/c1-17-8-6-14(19)13(10-17)15(7-9-17)21-16(20)11-2-4-12(18)5-3-11/h2-5,13,15H,6-10H2,1H3/t13-,15-,17+/m1/s1. The summed E-state index contributed by atoms with van der Waals surface area (Å²) in [4.78, 5) is 24.3. The molecule has 4 heteroatoms. The summed E-state index contributed by atoms with van der Waals surface area (Å²) in [6.07, 6.45) is 4.07. The van der Waals surface area contributed by atoms with Crippen LogP contribution in [0.5, 0.6) is 0 Å². The quantitative estimate of drug-likeness (QED) is 0.752. The molecule has 0 aromatic heterocycles. The van der Waals surface area contributed by atoms with Gasteiger partial charge in [0.25, 0.3) is 0 Å². The summed E-state index contributed by atoms with van der Waals surface area (Å²) in [7, 11) is 0. The Morgan fingerprint density at radius 2 is 2.00 bits per heavy atom. The lowest BCUT2D eigenvalue weighted by molar-refractivity contribution is -0.136. The fourth-order valence-corrected chi connectivity index (χ4v) is 3.81. The van der Waals surface area contributed by atoms with E-state index in [-0.39, 0.29) is 29.2 Å². The van der Waals surface area contributed by atoms with Gasteiger partial charge in [-0.25, -0.2) is 4.79 Å². The van der Waals surface area contributed by atoms with E-state index in [0.717, 1.165) is 30.2 Å². The first-order valence-corrected chi connectivity index (χ1v) is 8.25. The summed E-state index contributed by atoms with van der Waals surface area (Å²) in [5, 5.41) is 0. The highest BCUT2D eigenvalue weighted by molar-refractivity contribution is 9.10. The van der Waals surface area contributed by atoms with Gasteiger partial charge < -0.3 is 4.74 Å². The van der Waals surface area contributed by atoms with E-state index >= 15 is 0 Å². The molecule has 0 saturated heterocycles. The Morgan fingerprint density at radius 1 is 1.29 bits per heavy atom. The first-order chi connectivity index (χ1) is 9.97. The third kappa shape index (κ3) is 3.05. The van der Waals surface area contributed by atoms with Crippen molar-refractivity contribution < 1.29 is 14.3 Å². The fourth-order valence-electron chi connectivity index (χ4n) is 3.55. The molecule has 2 bridgehead atoms. The molecular formula is C17H19BrO3. The second-order valence-corrected chi connectivity index (χ2v) is 7.49. The van der Waals surface area contributed by atoms with E-state index in [0.29, 0.717) is 12.0 Å². The van der Waals surface area contributed by atoms with Crippen LogP contribution in [0.25, 0.3) is 0 Å². The first kappa shape index (κ1) is 14.8. The second kappa shape index (κ2) is 5.56. The number of ether oxygens (including phenoxy) is 1. The average molecular weight is 351 g/mol. The number of rotatable bonds is 2. The molecule has 3 atom stereocenters. The fraction of sp³-hybridized carbons (Fsp3) is 0.529. The van der Waals surface area contributed by atoms with Crippen LogP contribution in [0.15, 0.2) is 28.7 Å². The molecule has 2 fully saturated rings. The predicted molar refractivity (Wildman–Crippen MR) is 83.0 cm³/mol. The van der Waals surface area contributed by atoms with Crippen molar-refractivity contribution in [2.45, 2.75) is 45.1 Å². The maximum Gasteiger partial charge on any atom is 0.338 e. The molecule has 0 heterocycles. The highest BCUT2D eigenvalue weighted by atomic mass is 79.9. The van der Waals surface area contributed by atoms with E-state index < -0.39 is 0 Å². The smallest absolute Gasteiger partial charge is 0.338 e. The summed E-state index contributed by atoms with van der Waals surface area (Å²) in [6, 6.07) is 7.12. The topological polar surface area (TPSA) is 43.4 Å². The van der Waals surface area contributed by atoms with Gasteiger partial charge in [-0.3, -0.25) is 4.79 Å². The molecule has 21 heavy (non-hydrogen) atoms. The van der Waals surface area contributed by atoms with Gasteiger partial charge in [0.1, 0.15) is 11.9 Å². The van der Waals surface area contributed by atoms with Crippen LogP contribution in [0.1, 0.15) is 49.4 Å². The zero-order valence-corrected chi connectivity index (χ0v) is 13.7. The van der Waals surface area contributed by atoms with Crippen LogP contribution in [0.4, 0.5) is 0 Å². The number of hydrogen-bond donors (Lipinski definition) is 0. The maximum atomic E-state index is 12.2. The van der Waals surface area contributed by atoms with Crippen LogP contribution >= 0.6 is 15.9 Å². The van der Waals surface area contributed by atoms with Crippen molar-refractivity contribution in [3.63, 3.8) is 0 Å². The third-order valence-corrected chi connectivity index (χ3v) is 5.45. The van der Waals surface area contributed by atoms with Crippen molar-refractivity contribution in [3.8, 4) is 0 Å². The molecule has 0 N–H and O–H groups in total. The molecule has 0 unspecified atom stereocenters. The van der Waals surface area contributed by atoms with Crippen molar-refractivity contribution in [1.82, 2.24) is 0 Å². The number of benzene rings is 1. The summed E-state index contributed by atoms with van der Waals surface area (Å²) < 4.78 is 6.57. The number of halogens is 1. The zero-order chi connectivity index (χ0) is 15.0. The SMILES string of the molecule is C[C@@]12CCC(=O)[C@@H](C1)[C@H](OC(=O)c1ccc(Br)cc1)CC2. The molecule has 0 radical (unpaired) electrons. The van der Waals surface area contributed by atoms with Gasteiger partial charge in [-0.05, 0) is 55.4 Å². The van der Waals surface area contributed by atoms with E-state index in [4.69, 9.17) is 4.74 Å². The van der Waals surface area contributed by atoms with Crippen molar-refractivity contribution in [1.29, 1.82) is 0 Å². The van der Waals surface area contributed by atoms with Gasteiger partial charge in [0, 0.05) is 10.9 Å². The molecule has 0 aliphatic heterocycles. The van der Waals surface area contributed by atoms with Crippen LogP contribution in [0.2, 0.25) is 0 Å².